The first-order chi connectivity index (χ1) is 10.1. The number of amides is 1. The second-order valence-electron chi connectivity index (χ2n) is 5.14. The molecule has 21 heavy (non-hydrogen) atoms. The Morgan fingerprint density at radius 1 is 1.29 bits per heavy atom. The van der Waals surface area contributed by atoms with Gasteiger partial charge in [0.2, 0.25) is 0 Å². The zero-order valence-corrected chi connectivity index (χ0v) is 12.4. The lowest BCUT2D eigenvalue weighted by atomic mass is 9.95. The fraction of sp³-hybridized carbons (Fsp3) is 0.467. The Morgan fingerprint density at radius 3 is 2.67 bits per heavy atom. The summed E-state index contributed by atoms with van der Waals surface area (Å²) in [6, 6.07) is 4.26. The number of ether oxygens (including phenoxy) is 1. The summed E-state index contributed by atoms with van der Waals surface area (Å²) in [5, 5.41) is 12.8. The van der Waals surface area contributed by atoms with Gasteiger partial charge in [-0.15, -0.1) is 0 Å². The van der Waals surface area contributed by atoms with E-state index < -0.39 is 5.97 Å². The molecule has 1 saturated carbocycles. The van der Waals surface area contributed by atoms with Gasteiger partial charge in [-0.1, -0.05) is 30.9 Å². The molecule has 2 rings (SSSR count). The minimum Gasteiger partial charge on any atom is -0.507 e. The zero-order valence-electron chi connectivity index (χ0n) is 11.6. The predicted octanol–water partition coefficient (Wildman–Crippen LogP) is 2.65. The summed E-state index contributed by atoms with van der Waals surface area (Å²) in [5.74, 6) is -1.33. The van der Waals surface area contributed by atoms with Gasteiger partial charge in [0.25, 0.3) is 5.91 Å². The van der Waals surface area contributed by atoms with Crippen LogP contribution in [0, 0.1) is 0 Å². The molecule has 1 amide bonds. The van der Waals surface area contributed by atoms with Gasteiger partial charge in [-0.05, 0) is 31.0 Å². The number of carbonyl (C=O) groups excluding carboxylic acids is 2. The summed E-state index contributed by atoms with van der Waals surface area (Å²) in [6.45, 7) is -0.350. The molecule has 1 aromatic carbocycles. The van der Waals surface area contributed by atoms with E-state index in [1.165, 1.54) is 24.6 Å². The van der Waals surface area contributed by atoms with Gasteiger partial charge in [0.05, 0.1) is 0 Å². The third kappa shape index (κ3) is 4.63. The van der Waals surface area contributed by atoms with Gasteiger partial charge in [0.15, 0.2) is 6.61 Å². The monoisotopic (exact) mass is 311 g/mol. The van der Waals surface area contributed by atoms with Crippen molar-refractivity contribution >= 4 is 23.5 Å². The number of aromatic hydroxyl groups is 1. The van der Waals surface area contributed by atoms with E-state index in [0.29, 0.717) is 5.02 Å². The molecule has 0 unspecified atom stereocenters. The van der Waals surface area contributed by atoms with Crippen LogP contribution in [0.5, 0.6) is 5.75 Å². The SMILES string of the molecule is O=C(COC(=O)c1ccc(Cl)cc1O)NC1CCCCC1. The summed E-state index contributed by atoms with van der Waals surface area (Å²) >= 11 is 5.68. The molecule has 114 valence electrons. The van der Waals surface area contributed by atoms with Gasteiger partial charge in [-0.2, -0.15) is 0 Å². The molecule has 1 aromatic rings. The van der Waals surface area contributed by atoms with Crippen molar-refractivity contribution in [3.8, 4) is 5.75 Å². The fourth-order valence-corrected chi connectivity index (χ4v) is 2.57. The maximum absolute atomic E-state index is 11.8. The molecule has 2 N–H and O–H groups in total. The van der Waals surface area contributed by atoms with Gasteiger partial charge in [0.1, 0.15) is 11.3 Å². The molecule has 0 spiro atoms. The Hall–Kier alpha value is -1.75. The van der Waals surface area contributed by atoms with Crippen molar-refractivity contribution in [2.75, 3.05) is 6.61 Å². The minimum absolute atomic E-state index is 0.00938. The van der Waals surface area contributed by atoms with Crippen LogP contribution in [0.25, 0.3) is 0 Å². The van der Waals surface area contributed by atoms with Crippen LogP contribution in [0.15, 0.2) is 18.2 Å². The minimum atomic E-state index is -0.747. The Bertz CT molecular complexity index is 526. The smallest absolute Gasteiger partial charge is 0.342 e. The molecule has 0 aromatic heterocycles. The number of esters is 1. The van der Waals surface area contributed by atoms with Crippen molar-refractivity contribution < 1.29 is 19.4 Å². The van der Waals surface area contributed by atoms with E-state index in [0.717, 1.165) is 25.7 Å². The highest BCUT2D eigenvalue weighted by molar-refractivity contribution is 6.30. The van der Waals surface area contributed by atoms with Gasteiger partial charge in [-0.25, -0.2) is 4.79 Å². The number of carbonyl (C=O) groups is 2. The molecule has 0 saturated heterocycles. The molecule has 0 atom stereocenters. The predicted molar refractivity (Wildman–Crippen MR) is 78.4 cm³/mol. The number of phenolic OH excluding ortho intramolecular Hbond substituents is 1. The van der Waals surface area contributed by atoms with Crippen LogP contribution in [0.2, 0.25) is 5.02 Å². The Kier molecular flexibility index (Phi) is 5.44. The van der Waals surface area contributed by atoms with Gasteiger partial charge in [0, 0.05) is 11.1 Å². The number of hydrogen-bond acceptors (Lipinski definition) is 4. The van der Waals surface area contributed by atoms with Gasteiger partial charge >= 0.3 is 5.97 Å². The third-order valence-corrected chi connectivity index (χ3v) is 3.72. The van der Waals surface area contributed by atoms with E-state index in [-0.39, 0.29) is 29.9 Å². The molecular weight excluding hydrogens is 294 g/mol. The highest BCUT2D eigenvalue weighted by atomic mass is 35.5. The number of hydrogen-bond donors (Lipinski definition) is 2. The molecule has 1 aliphatic rings. The number of benzene rings is 1. The molecule has 1 fully saturated rings. The summed E-state index contributed by atoms with van der Waals surface area (Å²) < 4.78 is 4.90. The van der Waals surface area contributed by atoms with Crippen molar-refractivity contribution in [3.63, 3.8) is 0 Å². The van der Waals surface area contributed by atoms with E-state index in [9.17, 15) is 14.7 Å². The van der Waals surface area contributed by atoms with E-state index in [1.807, 2.05) is 0 Å². The van der Waals surface area contributed by atoms with Crippen molar-refractivity contribution in [2.45, 2.75) is 38.1 Å². The van der Waals surface area contributed by atoms with Crippen molar-refractivity contribution in [1.82, 2.24) is 5.32 Å². The first-order valence-corrected chi connectivity index (χ1v) is 7.39. The van der Waals surface area contributed by atoms with Crippen LogP contribution in [0.4, 0.5) is 0 Å². The summed E-state index contributed by atoms with van der Waals surface area (Å²) in [4.78, 5) is 23.5. The highest BCUT2D eigenvalue weighted by Gasteiger charge is 2.18. The quantitative estimate of drug-likeness (QED) is 0.838. The fourth-order valence-electron chi connectivity index (χ4n) is 2.40. The third-order valence-electron chi connectivity index (χ3n) is 3.48. The van der Waals surface area contributed by atoms with Crippen molar-refractivity contribution in [1.29, 1.82) is 0 Å². The van der Waals surface area contributed by atoms with Crippen LogP contribution in [-0.4, -0.2) is 29.6 Å². The van der Waals surface area contributed by atoms with E-state index in [1.54, 1.807) is 0 Å². The average molecular weight is 312 g/mol. The standard InChI is InChI=1S/C15H18ClNO4/c16-10-6-7-12(13(18)8-10)15(20)21-9-14(19)17-11-4-2-1-3-5-11/h6-8,11,18H,1-5,9H2,(H,17,19). The summed E-state index contributed by atoms with van der Waals surface area (Å²) in [5.41, 5.74) is -0.00938. The molecule has 1 aliphatic carbocycles. The number of halogens is 1. The topological polar surface area (TPSA) is 75.6 Å². The van der Waals surface area contributed by atoms with Crippen LogP contribution < -0.4 is 5.32 Å². The molecular formula is C15H18ClNO4. The van der Waals surface area contributed by atoms with Gasteiger partial charge in [-0.3, -0.25) is 4.79 Å². The molecule has 0 bridgehead atoms. The number of rotatable bonds is 4. The highest BCUT2D eigenvalue weighted by Crippen LogP contribution is 2.22. The Balaban J connectivity index is 1.81. The summed E-state index contributed by atoms with van der Waals surface area (Å²) in [7, 11) is 0. The maximum Gasteiger partial charge on any atom is 0.342 e. The first kappa shape index (κ1) is 15.6. The van der Waals surface area contributed by atoms with Crippen LogP contribution in [0.3, 0.4) is 0 Å². The molecule has 0 heterocycles. The first-order valence-electron chi connectivity index (χ1n) is 7.01. The number of nitrogens with one attached hydrogen (secondary N) is 1. The lowest BCUT2D eigenvalue weighted by Gasteiger charge is -2.22. The maximum atomic E-state index is 11.8. The van der Waals surface area contributed by atoms with Crippen LogP contribution in [-0.2, 0) is 9.53 Å². The molecule has 0 aliphatic heterocycles. The van der Waals surface area contributed by atoms with Crippen LogP contribution >= 0.6 is 11.6 Å². The van der Waals surface area contributed by atoms with E-state index >= 15 is 0 Å². The Morgan fingerprint density at radius 2 is 2.00 bits per heavy atom. The number of phenols is 1. The largest absolute Gasteiger partial charge is 0.507 e. The second-order valence-corrected chi connectivity index (χ2v) is 5.58. The molecule has 5 nitrogen and oxygen atoms in total. The molecule has 0 radical (unpaired) electrons. The second kappa shape index (κ2) is 7.31. The van der Waals surface area contributed by atoms with Crippen LogP contribution in [0.1, 0.15) is 42.5 Å². The van der Waals surface area contributed by atoms with Gasteiger partial charge < -0.3 is 15.2 Å². The van der Waals surface area contributed by atoms with Crippen molar-refractivity contribution in [3.05, 3.63) is 28.8 Å². The lowest BCUT2D eigenvalue weighted by molar-refractivity contribution is -0.125. The zero-order chi connectivity index (χ0) is 15.2. The Labute approximate surface area is 128 Å². The molecule has 6 heteroatoms. The van der Waals surface area contributed by atoms with Crippen molar-refractivity contribution in [2.24, 2.45) is 0 Å². The van der Waals surface area contributed by atoms with E-state index in [4.69, 9.17) is 16.3 Å². The normalized spacial score (nSPS) is 15.5. The summed E-state index contributed by atoms with van der Waals surface area (Å²) in [6.07, 6.45) is 5.37. The van der Waals surface area contributed by atoms with E-state index in [2.05, 4.69) is 5.32 Å². The average Bonchev–Trinajstić information content (AvgIpc) is 2.46. The lowest BCUT2D eigenvalue weighted by Crippen LogP contribution is -2.38.